The largest absolute Gasteiger partial charge is 0.497 e. The van der Waals surface area contributed by atoms with Crippen LogP contribution in [-0.2, 0) is 19.6 Å². The van der Waals surface area contributed by atoms with Gasteiger partial charge in [0.1, 0.15) is 18.0 Å². The van der Waals surface area contributed by atoms with Gasteiger partial charge < -0.3 is 14.8 Å². The van der Waals surface area contributed by atoms with Crippen LogP contribution in [0.25, 0.3) is 0 Å². The van der Waals surface area contributed by atoms with Crippen LogP contribution in [0.4, 0.5) is 11.4 Å². The lowest BCUT2D eigenvalue weighted by atomic mass is 10.2. The number of benzene rings is 2. The molecule has 0 aliphatic carbocycles. The van der Waals surface area contributed by atoms with Gasteiger partial charge in [-0.1, -0.05) is 0 Å². The first-order chi connectivity index (χ1) is 13.7. The number of hydrogen-bond donors (Lipinski definition) is 3. The average molecular weight is 422 g/mol. The van der Waals surface area contributed by atoms with E-state index in [1.54, 1.807) is 6.07 Å². The molecule has 11 heteroatoms. The SMILES string of the molecule is COc1ccc(OC)c(N(CC(=O)NN)S(=O)(=O)c2ccc(NC(C)=O)cc2)c1. The first-order valence-electron chi connectivity index (χ1n) is 8.34. The van der Waals surface area contributed by atoms with Gasteiger partial charge in [0, 0.05) is 18.7 Å². The standard InChI is InChI=1S/C18H22N4O6S/c1-12(23)20-13-4-7-15(8-5-13)29(25,26)22(11-18(24)21-19)16-10-14(27-2)6-9-17(16)28-3/h4-10H,11,19H2,1-3H3,(H,20,23)(H,21,24). The third-order valence-electron chi connectivity index (χ3n) is 3.87. The van der Waals surface area contributed by atoms with Gasteiger partial charge in [-0.05, 0) is 36.4 Å². The van der Waals surface area contributed by atoms with Crippen LogP contribution in [0, 0.1) is 0 Å². The Labute approximate surface area is 168 Å². The van der Waals surface area contributed by atoms with E-state index in [1.807, 2.05) is 5.43 Å². The lowest BCUT2D eigenvalue weighted by molar-refractivity contribution is -0.119. The van der Waals surface area contributed by atoms with Crippen molar-refractivity contribution < 1.29 is 27.5 Å². The molecule has 0 saturated carbocycles. The molecule has 0 aromatic heterocycles. The zero-order chi connectivity index (χ0) is 21.6. The van der Waals surface area contributed by atoms with Crippen LogP contribution in [0.5, 0.6) is 11.5 Å². The summed E-state index contributed by atoms with van der Waals surface area (Å²) in [4.78, 5) is 23.0. The van der Waals surface area contributed by atoms with E-state index in [0.717, 1.165) is 4.31 Å². The summed E-state index contributed by atoms with van der Waals surface area (Å²) in [5.41, 5.74) is 2.45. The molecule has 0 aliphatic rings. The molecule has 0 unspecified atom stereocenters. The van der Waals surface area contributed by atoms with Crippen molar-refractivity contribution in [3.8, 4) is 11.5 Å². The molecule has 0 radical (unpaired) electrons. The third kappa shape index (κ3) is 5.15. The Bertz CT molecular complexity index is 992. The van der Waals surface area contributed by atoms with E-state index in [0.29, 0.717) is 11.4 Å². The number of amides is 2. The minimum atomic E-state index is -4.19. The fourth-order valence-corrected chi connectivity index (χ4v) is 3.93. The second kappa shape index (κ2) is 9.26. The molecule has 4 N–H and O–H groups in total. The second-order valence-electron chi connectivity index (χ2n) is 5.82. The molecule has 0 atom stereocenters. The average Bonchev–Trinajstić information content (AvgIpc) is 2.71. The number of anilines is 2. The summed E-state index contributed by atoms with van der Waals surface area (Å²) < 4.78 is 37.9. The van der Waals surface area contributed by atoms with Crippen molar-refractivity contribution in [2.75, 3.05) is 30.4 Å². The maximum absolute atomic E-state index is 13.3. The lowest BCUT2D eigenvalue weighted by Crippen LogP contribution is -2.43. The summed E-state index contributed by atoms with van der Waals surface area (Å²) >= 11 is 0. The lowest BCUT2D eigenvalue weighted by Gasteiger charge is -2.25. The van der Waals surface area contributed by atoms with Gasteiger partial charge in [-0.25, -0.2) is 14.3 Å². The van der Waals surface area contributed by atoms with Gasteiger partial charge in [-0.2, -0.15) is 0 Å². The molecule has 0 bridgehead atoms. The van der Waals surface area contributed by atoms with Crippen LogP contribution >= 0.6 is 0 Å². The van der Waals surface area contributed by atoms with Crippen LogP contribution in [0.3, 0.4) is 0 Å². The van der Waals surface area contributed by atoms with Crippen molar-refractivity contribution in [1.82, 2.24) is 5.43 Å². The summed E-state index contributed by atoms with van der Waals surface area (Å²) in [6.07, 6.45) is 0. The summed E-state index contributed by atoms with van der Waals surface area (Å²) in [6.45, 7) is 0.753. The highest BCUT2D eigenvalue weighted by Gasteiger charge is 2.29. The Morgan fingerprint density at radius 1 is 1.07 bits per heavy atom. The van der Waals surface area contributed by atoms with Crippen molar-refractivity contribution in [1.29, 1.82) is 0 Å². The van der Waals surface area contributed by atoms with Crippen LogP contribution in [0.2, 0.25) is 0 Å². The Balaban J connectivity index is 2.57. The van der Waals surface area contributed by atoms with E-state index in [-0.39, 0.29) is 22.2 Å². The molecule has 2 rings (SSSR count). The molecule has 10 nitrogen and oxygen atoms in total. The van der Waals surface area contributed by atoms with Crippen molar-refractivity contribution in [2.24, 2.45) is 5.84 Å². The van der Waals surface area contributed by atoms with E-state index in [9.17, 15) is 18.0 Å². The quantitative estimate of drug-likeness (QED) is 0.325. The summed E-state index contributed by atoms with van der Waals surface area (Å²) in [5, 5.41) is 2.55. The van der Waals surface area contributed by atoms with E-state index < -0.39 is 22.5 Å². The molecule has 0 saturated heterocycles. The number of carbonyl (C=O) groups excluding carboxylic acids is 2. The maximum atomic E-state index is 13.3. The van der Waals surface area contributed by atoms with Crippen LogP contribution in [0.1, 0.15) is 6.92 Å². The van der Waals surface area contributed by atoms with Crippen LogP contribution < -0.4 is 30.4 Å². The van der Waals surface area contributed by atoms with Gasteiger partial charge in [0.05, 0.1) is 24.8 Å². The molecular weight excluding hydrogens is 400 g/mol. The fraction of sp³-hybridized carbons (Fsp3) is 0.222. The smallest absolute Gasteiger partial charge is 0.264 e. The highest BCUT2D eigenvalue weighted by atomic mass is 32.2. The fourth-order valence-electron chi connectivity index (χ4n) is 2.51. The zero-order valence-corrected chi connectivity index (χ0v) is 16.9. The molecule has 2 aromatic carbocycles. The van der Waals surface area contributed by atoms with Crippen molar-refractivity contribution in [3.63, 3.8) is 0 Å². The number of ether oxygens (including phenoxy) is 2. The van der Waals surface area contributed by atoms with Crippen molar-refractivity contribution >= 4 is 33.2 Å². The molecule has 0 heterocycles. The van der Waals surface area contributed by atoms with Gasteiger partial charge in [0.25, 0.3) is 15.9 Å². The maximum Gasteiger partial charge on any atom is 0.264 e. The predicted octanol–water partition coefficient (Wildman–Crippen LogP) is 0.847. The summed E-state index contributed by atoms with van der Waals surface area (Å²) in [6, 6.07) is 10.1. The Morgan fingerprint density at radius 3 is 2.24 bits per heavy atom. The van der Waals surface area contributed by atoms with Crippen LogP contribution in [-0.4, -0.2) is 41.0 Å². The second-order valence-corrected chi connectivity index (χ2v) is 7.68. The first-order valence-corrected chi connectivity index (χ1v) is 9.78. The van der Waals surface area contributed by atoms with Gasteiger partial charge in [0.15, 0.2) is 0 Å². The predicted molar refractivity (Wildman–Crippen MR) is 107 cm³/mol. The number of hydrogen-bond acceptors (Lipinski definition) is 7. The first kappa shape index (κ1) is 22.0. The van der Waals surface area contributed by atoms with Gasteiger partial charge >= 0.3 is 0 Å². The van der Waals surface area contributed by atoms with E-state index in [4.69, 9.17) is 15.3 Å². The van der Waals surface area contributed by atoms with E-state index in [2.05, 4.69) is 5.32 Å². The number of nitrogens with zero attached hydrogens (tertiary/aromatic N) is 1. The number of methoxy groups -OCH3 is 2. The number of nitrogens with one attached hydrogen (secondary N) is 2. The van der Waals surface area contributed by atoms with Crippen molar-refractivity contribution in [3.05, 3.63) is 42.5 Å². The minimum Gasteiger partial charge on any atom is -0.497 e. The van der Waals surface area contributed by atoms with Crippen LogP contribution in [0.15, 0.2) is 47.4 Å². The number of hydrazine groups is 1. The van der Waals surface area contributed by atoms with Crippen molar-refractivity contribution in [2.45, 2.75) is 11.8 Å². The number of sulfonamides is 1. The number of nitrogens with two attached hydrogens (primary N) is 1. The molecule has 29 heavy (non-hydrogen) atoms. The molecule has 156 valence electrons. The highest BCUT2D eigenvalue weighted by Crippen LogP contribution is 2.35. The molecular formula is C18H22N4O6S. The molecule has 0 aliphatic heterocycles. The minimum absolute atomic E-state index is 0.0960. The Morgan fingerprint density at radius 2 is 1.72 bits per heavy atom. The van der Waals surface area contributed by atoms with Gasteiger partial charge in [0.2, 0.25) is 5.91 Å². The molecule has 2 aromatic rings. The molecule has 0 fully saturated rings. The van der Waals surface area contributed by atoms with E-state index in [1.165, 1.54) is 57.5 Å². The number of carbonyl (C=O) groups is 2. The normalized spacial score (nSPS) is 10.8. The van der Waals surface area contributed by atoms with Gasteiger partial charge in [-0.15, -0.1) is 0 Å². The zero-order valence-electron chi connectivity index (χ0n) is 16.1. The molecule has 2 amide bonds. The topological polar surface area (TPSA) is 140 Å². The highest BCUT2D eigenvalue weighted by molar-refractivity contribution is 7.92. The third-order valence-corrected chi connectivity index (χ3v) is 5.64. The monoisotopic (exact) mass is 422 g/mol. The summed E-state index contributed by atoms with van der Waals surface area (Å²) in [5.74, 6) is 4.73. The van der Waals surface area contributed by atoms with Gasteiger partial charge in [-0.3, -0.25) is 19.3 Å². The Hall–Kier alpha value is -3.31. The van der Waals surface area contributed by atoms with E-state index >= 15 is 0 Å². The summed E-state index contributed by atoms with van der Waals surface area (Å²) in [7, 11) is -1.39. The number of rotatable bonds is 8. The molecule has 0 spiro atoms. The Kier molecular flexibility index (Phi) is 7.02.